The molecule has 0 aromatic carbocycles. The molecule has 9 heteroatoms. The van der Waals surface area contributed by atoms with E-state index < -0.39 is 43.4 Å². The van der Waals surface area contributed by atoms with Crippen molar-refractivity contribution in [2.75, 3.05) is 26.4 Å². The summed E-state index contributed by atoms with van der Waals surface area (Å²) in [5.41, 5.74) is 0. The van der Waals surface area contributed by atoms with Gasteiger partial charge in [-0.1, -0.05) is 190 Å². The Kier molecular flexibility index (Phi) is 43.1. The third-order valence-corrected chi connectivity index (χ3v) is 11.9. The largest absolute Gasteiger partial charge is 0.457 e. The van der Waals surface area contributed by atoms with Crippen molar-refractivity contribution in [2.45, 2.75) is 256 Å². The molecule has 0 spiro atoms. The summed E-state index contributed by atoms with van der Waals surface area (Å²) in [6, 6.07) is 0. The fourth-order valence-electron chi connectivity index (χ4n) is 7.76. The van der Waals surface area contributed by atoms with Crippen LogP contribution in [0.2, 0.25) is 0 Å². The first-order valence-electron chi connectivity index (χ1n) is 26.4. The lowest BCUT2D eigenvalue weighted by atomic mass is 9.99. The Hall–Kier alpha value is -2.11. The van der Waals surface area contributed by atoms with E-state index in [1.54, 1.807) is 0 Å². The van der Waals surface area contributed by atoms with Gasteiger partial charge >= 0.3 is 5.97 Å². The van der Waals surface area contributed by atoms with E-state index in [4.69, 9.17) is 18.9 Å². The van der Waals surface area contributed by atoms with Crippen molar-refractivity contribution in [2.24, 2.45) is 0 Å². The molecule has 0 aliphatic carbocycles. The van der Waals surface area contributed by atoms with Gasteiger partial charge in [0.05, 0.1) is 19.8 Å². The zero-order valence-electron chi connectivity index (χ0n) is 41.0. The number of aliphatic hydroxyl groups is 4. The Labute approximate surface area is 392 Å². The number of allylic oxidation sites excluding steroid dienone is 10. The molecule has 1 fully saturated rings. The normalized spacial score (nSPS) is 20.0. The summed E-state index contributed by atoms with van der Waals surface area (Å²) in [4.78, 5) is 12.8. The molecule has 64 heavy (non-hydrogen) atoms. The smallest absolute Gasteiger partial charge is 0.306 e. The van der Waals surface area contributed by atoms with Crippen LogP contribution in [0.4, 0.5) is 0 Å². The van der Waals surface area contributed by atoms with E-state index in [1.807, 2.05) is 0 Å². The molecule has 372 valence electrons. The Balaban J connectivity index is 2.22. The van der Waals surface area contributed by atoms with E-state index in [0.717, 1.165) is 64.2 Å². The van der Waals surface area contributed by atoms with Gasteiger partial charge in [-0.25, -0.2) is 0 Å². The highest BCUT2D eigenvalue weighted by molar-refractivity contribution is 5.69. The fraction of sp³-hybridized carbons (Fsp3) is 0.800. The molecular weight excluding hydrogens is 805 g/mol. The molecule has 0 amide bonds. The first kappa shape index (κ1) is 59.9. The first-order chi connectivity index (χ1) is 31.4. The van der Waals surface area contributed by atoms with E-state index in [9.17, 15) is 25.2 Å². The third-order valence-electron chi connectivity index (χ3n) is 11.9. The molecule has 1 saturated heterocycles. The van der Waals surface area contributed by atoms with Gasteiger partial charge in [-0.2, -0.15) is 0 Å². The Morgan fingerprint density at radius 1 is 0.500 bits per heavy atom. The lowest BCUT2D eigenvalue weighted by Gasteiger charge is -2.39. The molecule has 9 nitrogen and oxygen atoms in total. The number of aliphatic hydroxyl groups excluding tert-OH is 4. The van der Waals surface area contributed by atoms with Crippen molar-refractivity contribution >= 4 is 5.97 Å². The molecule has 0 radical (unpaired) electrons. The molecule has 1 aliphatic rings. The quantitative estimate of drug-likeness (QED) is 0.0268. The van der Waals surface area contributed by atoms with E-state index >= 15 is 0 Å². The molecule has 1 aliphatic heterocycles. The Morgan fingerprint density at radius 2 is 0.906 bits per heavy atom. The summed E-state index contributed by atoms with van der Waals surface area (Å²) in [7, 11) is 0. The standard InChI is InChI=1S/C55H98O9/c1-3-5-7-9-11-13-15-17-19-21-23-24-25-27-29-31-33-35-37-39-41-43-45-61-47-49(48-62-55-54(60)53(59)52(58)50(46-56)64-55)63-51(57)44-42-40-38-36-34-32-30-28-26-22-20-18-16-14-12-10-8-6-4-2/h12,14-15,17-18,20-21,23,25,27,49-50,52-56,58-60H,3-11,13,16,19,22,24,26,28-48H2,1-2H3/b14-12-,17-15-,20-18-,23-21-,27-25-. The highest BCUT2D eigenvalue weighted by Crippen LogP contribution is 2.23. The fourth-order valence-corrected chi connectivity index (χ4v) is 7.76. The minimum atomic E-state index is -1.54. The third kappa shape index (κ3) is 36.1. The van der Waals surface area contributed by atoms with Crippen LogP contribution in [0.1, 0.15) is 219 Å². The minimum absolute atomic E-state index is 0.121. The molecule has 6 atom stereocenters. The van der Waals surface area contributed by atoms with Gasteiger partial charge < -0.3 is 39.4 Å². The summed E-state index contributed by atoms with van der Waals surface area (Å²) in [6.45, 7) is 4.51. The van der Waals surface area contributed by atoms with E-state index in [-0.39, 0.29) is 19.2 Å². The Bertz CT molecular complexity index is 1160. The van der Waals surface area contributed by atoms with Gasteiger partial charge in [0.15, 0.2) is 6.29 Å². The van der Waals surface area contributed by atoms with Crippen LogP contribution in [-0.2, 0) is 23.7 Å². The molecular formula is C55H98O9. The minimum Gasteiger partial charge on any atom is -0.457 e. The number of carbonyl (C=O) groups excluding carboxylic acids is 1. The molecule has 1 rings (SSSR count). The van der Waals surface area contributed by atoms with Crippen LogP contribution in [0.3, 0.4) is 0 Å². The maximum absolute atomic E-state index is 12.8. The number of hydrogen-bond acceptors (Lipinski definition) is 9. The summed E-state index contributed by atoms with van der Waals surface area (Å²) in [5, 5.41) is 40.3. The summed E-state index contributed by atoms with van der Waals surface area (Å²) in [6.07, 6.45) is 52.5. The molecule has 1 heterocycles. The lowest BCUT2D eigenvalue weighted by Crippen LogP contribution is -2.59. The zero-order valence-corrected chi connectivity index (χ0v) is 41.0. The van der Waals surface area contributed by atoms with Gasteiger partial charge in [-0.3, -0.25) is 4.79 Å². The van der Waals surface area contributed by atoms with Crippen LogP contribution >= 0.6 is 0 Å². The van der Waals surface area contributed by atoms with Gasteiger partial charge in [-0.15, -0.1) is 0 Å². The van der Waals surface area contributed by atoms with Crippen LogP contribution in [0.15, 0.2) is 60.8 Å². The second kappa shape index (κ2) is 46.0. The number of hydrogen-bond donors (Lipinski definition) is 4. The molecule has 4 N–H and O–H groups in total. The number of unbranched alkanes of at least 4 members (excludes halogenated alkanes) is 24. The molecule has 0 bridgehead atoms. The predicted octanol–water partition coefficient (Wildman–Crippen LogP) is 13.0. The van der Waals surface area contributed by atoms with Crippen LogP contribution in [-0.4, -0.2) is 89.6 Å². The van der Waals surface area contributed by atoms with Gasteiger partial charge in [0.2, 0.25) is 0 Å². The van der Waals surface area contributed by atoms with Gasteiger partial charge in [0.25, 0.3) is 0 Å². The molecule has 0 aromatic rings. The average molecular weight is 903 g/mol. The van der Waals surface area contributed by atoms with Crippen molar-refractivity contribution in [1.82, 2.24) is 0 Å². The Morgan fingerprint density at radius 3 is 1.39 bits per heavy atom. The van der Waals surface area contributed by atoms with Gasteiger partial charge in [0.1, 0.15) is 30.5 Å². The predicted molar refractivity (Wildman–Crippen MR) is 265 cm³/mol. The first-order valence-corrected chi connectivity index (χ1v) is 26.4. The summed E-state index contributed by atoms with van der Waals surface area (Å²) >= 11 is 0. The molecule has 6 unspecified atom stereocenters. The van der Waals surface area contributed by atoms with E-state index in [0.29, 0.717) is 13.0 Å². The average Bonchev–Trinajstić information content (AvgIpc) is 3.30. The van der Waals surface area contributed by atoms with Crippen LogP contribution in [0.5, 0.6) is 0 Å². The topological polar surface area (TPSA) is 135 Å². The maximum Gasteiger partial charge on any atom is 0.306 e. The highest BCUT2D eigenvalue weighted by Gasteiger charge is 2.44. The van der Waals surface area contributed by atoms with Crippen LogP contribution < -0.4 is 0 Å². The summed E-state index contributed by atoms with van der Waals surface area (Å²) < 4.78 is 22.9. The van der Waals surface area contributed by atoms with E-state index in [1.165, 1.54) is 135 Å². The van der Waals surface area contributed by atoms with Crippen molar-refractivity contribution in [1.29, 1.82) is 0 Å². The second-order valence-corrected chi connectivity index (χ2v) is 18.0. The number of esters is 1. The van der Waals surface area contributed by atoms with Crippen molar-refractivity contribution in [3.8, 4) is 0 Å². The zero-order chi connectivity index (χ0) is 46.4. The summed E-state index contributed by atoms with van der Waals surface area (Å²) in [5.74, 6) is -0.322. The number of ether oxygens (including phenoxy) is 4. The SMILES string of the molecule is CCCCC/C=C\C/C=C\CCCCCCCCCCCC(=O)OC(COCCCCCCCCC/C=C\C/C=C\C/C=C\CCCCCCC)COC1OC(CO)C(O)C(O)C1O. The molecule has 0 saturated carbocycles. The van der Waals surface area contributed by atoms with Crippen LogP contribution in [0.25, 0.3) is 0 Å². The monoisotopic (exact) mass is 903 g/mol. The van der Waals surface area contributed by atoms with Gasteiger partial charge in [0, 0.05) is 13.0 Å². The highest BCUT2D eigenvalue weighted by atomic mass is 16.7. The van der Waals surface area contributed by atoms with Crippen LogP contribution in [0, 0.1) is 0 Å². The maximum atomic E-state index is 12.8. The van der Waals surface area contributed by atoms with Crippen molar-refractivity contribution in [3.05, 3.63) is 60.8 Å². The lowest BCUT2D eigenvalue weighted by molar-refractivity contribution is -0.305. The van der Waals surface area contributed by atoms with Crippen molar-refractivity contribution < 1.29 is 44.2 Å². The second-order valence-electron chi connectivity index (χ2n) is 18.0. The van der Waals surface area contributed by atoms with E-state index in [2.05, 4.69) is 74.6 Å². The number of rotatable bonds is 45. The molecule has 0 aromatic heterocycles. The number of carbonyl (C=O) groups is 1. The van der Waals surface area contributed by atoms with Crippen molar-refractivity contribution in [3.63, 3.8) is 0 Å². The van der Waals surface area contributed by atoms with Gasteiger partial charge in [-0.05, 0) is 83.5 Å².